The highest BCUT2D eigenvalue weighted by Gasteiger charge is 2.26. The van der Waals surface area contributed by atoms with Gasteiger partial charge in [0.05, 0.1) is 25.9 Å². The minimum absolute atomic E-state index is 0.122. The van der Waals surface area contributed by atoms with E-state index in [0.717, 1.165) is 17.1 Å². The Morgan fingerprint density at radius 1 is 1.00 bits per heavy atom. The van der Waals surface area contributed by atoms with E-state index in [0.29, 0.717) is 13.0 Å². The Morgan fingerprint density at radius 3 is 2.19 bits per heavy atom. The average Bonchev–Trinajstić information content (AvgIpc) is 2.56. The number of benzene rings is 2. The van der Waals surface area contributed by atoms with Crippen LogP contribution in [0.3, 0.4) is 0 Å². The van der Waals surface area contributed by atoms with Crippen molar-refractivity contribution < 1.29 is 14.6 Å². The van der Waals surface area contributed by atoms with Crippen LogP contribution >= 0.6 is 0 Å². The molecule has 3 N–H and O–H groups in total. The van der Waals surface area contributed by atoms with Gasteiger partial charge in [0, 0.05) is 6.42 Å². The predicted molar refractivity (Wildman–Crippen MR) is 82.5 cm³/mol. The number of nitrogens with two attached hydrogens (primary N) is 1. The van der Waals surface area contributed by atoms with Crippen molar-refractivity contribution in [3.8, 4) is 11.5 Å². The summed E-state index contributed by atoms with van der Waals surface area (Å²) in [6.07, 6.45) is 0.527. The van der Waals surface area contributed by atoms with Gasteiger partial charge in [0.2, 0.25) is 0 Å². The predicted octanol–water partition coefficient (Wildman–Crippen LogP) is 2.31. The lowest BCUT2D eigenvalue weighted by atomic mass is 9.89. The van der Waals surface area contributed by atoms with Crippen LogP contribution in [0.15, 0.2) is 54.6 Å². The number of aliphatic hydroxyl groups excluding tert-OH is 1. The summed E-state index contributed by atoms with van der Waals surface area (Å²) in [5.41, 5.74) is 6.40. The third-order valence-electron chi connectivity index (χ3n) is 3.51. The molecule has 0 radical (unpaired) electrons. The van der Waals surface area contributed by atoms with Gasteiger partial charge in [0.1, 0.15) is 11.5 Å². The largest absolute Gasteiger partial charge is 0.497 e. The quantitative estimate of drug-likeness (QED) is 0.820. The Kier molecular flexibility index (Phi) is 5.20. The number of hydrogen-bond acceptors (Lipinski definition) is 4. The van der Waals surface area contributed by atoms with Crippen LogP contribution in [0.2, 0.25) is 0 Å². The van der Waals surface area contributed by atoms with Crippen LogP contribution < -0.4 is 15.2 Å². The average molecular weight is 287 g/mol. The van der Waals surface area contributed by atoms with Gasteiger partial charge in [-0.2, -0.15) is 0 Å². The molecule has 0 aliphatic heterocycles. The summed E-state index contributed by atoms with van der Waals surface area (Å²) in [6.45, 7) is 0.307. The van der Waals surface area contributed by atoms with Gasteiger partial charge in [-0.1, -0.05) is 30.3 Å². The molecule has 4 nitrogen and oxygen atoms in total. The molecule has 0 aromatic heterocycles. The second-order valence-electron chi connectivity index (χ2n) is 4.95. The first-order valence-electron chi connectivity index (χ1n) is 6.90. The van der Waals surface area contributed by atoms with Crippen molar-refractivity contribution in [2.24, 2.45) is 5.73 Å². The van der Waals surface area contributed by atoms with E-state index >= 15 is 0 Å². The summed E-state index contributed by atoms with van der Waals surface area (Å²) in [5, 5.41) is 9.61. The summed E-state index contributed by atoms with van der Waals surface area (Å²) < 4.78 is 10.8. The van der Waals surface area contributed by atoms with Crippen LogP contribution in [-0.4, -0.2) is 25.4 Å². The summed E-state index contributed by atoms with van der Waals surface area (Å²) in [7, 11) is 1.62. The minimum atomic E-state index is -0.784. The maximum absolute atomic E-state index is 9.61. The summed E-state index contributed by atoms with van der Waals surface area (Å²) in [5.74, 6) is 1.54. The van der Waals surface area contributed by atoms with Gasteiger partial charge in [-0.25, -0.2) is 0 Å². The number of aliphatic hydroxyl groups is 1. The smallest absolute Gasteiger partial charge is 0.119 e. The molecule has 0 aliphatic carbocycles. The van der Waals surface area contributed by atoms with Crippen molar-refractivity contribution in [2.45, 2.75) is 12.0 Å². The fourth-order valence-electron chi connectivity index (χ4n) is 2.11. The van der Waals surface area contributed by atoms with E-state index in [-0.39, 0.29) is 6.61 Å². The first kappa shape index (κ1) is 15.4. The molecule has 21 heavy (non-hydrogen) atoms. The molecule has 112 valence electrons. The van der Waals surface area contributed by atoms with Crippen molar-refractivity contribution in [2.75, 3.05) is 20.3 Å². The van der Waals surface area contributed by atoms with Crippen molar-refractivity contribution in [1.82, 2.24) is 0 Å². The molecule has 1 unspecified atom stereocenters. The Hall–Kier alpha value is -2.04. The van der Waals surface area contributed by atoms with Crippen LogP contribution in [0.1, 0.15) is 12.0 Å². The Morgan fingerprint density at radius 2 is 1.62 bits per heavy atom. The fraction of sp³-hybridized carbons (Fsp3) is 0.294. The van der Waals surface area contributed by atoms with Crippen LogP contribution in [0, 0.1) is 0 Å². The lowest BCUT2D eigenvalue weighted by molar-refractivity contribution is 0.162. The second kappa shape index (κ2) is 7.11. The molecule has 2 rings (SSSR count). The van der Waals surface area contributed by atoms with Gasteiger partial charge in [0.25, 0.3) is 0 Å². The van der Waals surface area contributed by atoms with E-state index in [4.69, 9.17) is 15.2 Å². The van der Waals surface area contributed by atoms with Crippen molar-refractivity contribution in [3.05, 3.63) is 60.2 Å². The third kappa shape index (κ3) is 3.97. The van der Waals surface area contributed by atoms with Crippen molar-refractivity contribution >= 4 is 0 Å². The van der Waals surface area contributed by atoms with Gasteiger partial charge in [-0.15, -0.1) is 0 Å². The van der Waals surface area contributed by atoms with E-state index in [1.54, 1.807) is 7.11 Å². The zero-order chi connectivity index (χ0) is 15.1. The van der Waals surface area contributed by atoms with E-state index in [2.05, 4.69) is 0 Å². The highest BCUT2D eigenvalue weighted by atomic mass is 16.5. The maximum Gasteiger partial charge on any atom is 0.119 e. The van der Waals surface area contributed by atoms with E-state index in [9.17, 15) is 5.11 Å². The molecule has 0 amide bonds. The minimum Gasteiger partial charge on any atom is -0.497 e. The zero-order valence-corrected chi connectivity index (χ0v) is 12.2. The molecular weight excluding hydrogens is 266 g/mol. The molecule has 0 heterocycles. The highest BCUT2D eigenvalue weighted by Crippen LogP contribution is 2.23. The number of methoxy groups -OCH3 is 1. The first-order chi connectivity index (χ1) is 10.2. The molecule has 4 heteroatoms. The third-order valence-corrected chi connectivity index (χ3v) is 3.51. The summed E-state index contributed by atoms with van der Waals surface area (Å²) in [6, 6.07) is 17.0. The van der Waals surface area contributed by atoms with E-state index < -0.39 is 5.54 Å². The molecule has 0 saturated heterocycles. The molecule has 2 aromatic rings. The monoisotopic (exact) mass is 287 g/mol. The lowest BCUT2D eigenvalue weighted by Crippen LogP contribution is -2.41. The van der Waals surface area contributed by atoms with Gasteiger partial charge < -0.3 is 20.3 Å². The number of rotatable bonds is 7. The topological polar surface area (TPSA) is 64.7 Å². The lowest BCUT2D eigenvalue weighted by Gasteiger charge is -2.27. The number of hydrogen-bond donors (Lipinski definition) is 2. The summed E-state index contributed by atoms with van der Waals surface area (Å²) >= 11 is 0. The molecule has 2 aromatic carbocycles. The Bertz CT molecular complexity index is 542. The summed E-state index contributed by atoms with van der Waals surface area (Å²) in [4.78, 5) is 0. The normalized spacial score (nSPS) is 13.5. The Labute approximate surface area is 125 Å². The van der Waals surface area contributed by atoms with Crippen LogP contribution in [0.5, 0.6) is 11.5 Å². The highest BCUT2D eigenvalue weighted by molar-refractivity contribution is 5.31. The van der Waals surface area contributed by atoms with E-state index in [1.807, 2.05) is 54.6 Å². The standard InChI is InChI=1S/C17H21NO3/c1-20-15-7-9-16(10-8-15)21-12-11-17(18,13-19)14-5-3-2-4-6-14/h2-10,19H,11-13,18H2,1H3. The second-order valence-corrected chi connectivity index (χ2v) is 4.95. The van der Waals surface area contributed by atoms with Crippen molar-refractivity contribution in [1.29, 1.82) is 0 Å². The molecule has 1 atom stereocenters. The molecule has 0 fully saturated rings. The van der Waals surface area contributed by atoms with Crippen LogP contribution in [0.4, 0.5) is 0 Å². The van der Waals surface area contributed by atoms with Gasteiger partial charge in [-0.05, 0) is 29.8 Å². The zero-order valence-electron chi connectivity index (χ0n) is 12.2. The molecule has 0 aliphatic rings. The van der Waals surface area contributed by atoms with Crippen LogP contribution in [0.25, 0.3) is 0 Å². The van der Waals surface area contributed by atoms with Crippen molar-refractivity contribution in [3.63, 3.8) is 0 Å². The molecule has 0 saturated carbocycles. The van der Waals surface area contributed by atoms with E-state index in [1.165, 1.54) is 0 Å². The first-order valence-corrected chi connectivity index (χ1v) is 6.90. The Balaban J connectivity index is 1.94. The maximum atomic E-state index is 9.61. The van der Waals surface area contributed by atoms with Gasteiger partial charge >= 0.3 is 0 Å². The van der Waals surface area contributed by atoms with Gasteiger partial charge in [-0.3, -0.25) is 0 Å². The van der Waals surface area contributed by atoms with Crippen LogP contribution in [-0.2, 0) is 5.54 Å². The fourth-order valence-corrected chi connectivity index (χ4v) is 2.11. The molecule has 0 bridgehead atoms. The number of ether oxygens (including phenoxy) is 2. The van der Waals surface area contributed by atoms with Gasteiger partial charge in [0.15, 0.2) is 0 Å². The SMILES string of the molecule is COc1ccc(OCCC(N)(CO)c2ccccc2)cc1. The molecule has 0 spiro atoms. The molecular formula is C17H21NO3.